The minimum Gasteiger partial charge on any atom is -0.384 e. The van der Waals surface area contributed by atoms with Crippen LogP contribution in [0.5, 0.6) is 0 Å². The van der Waals surface area contributed by atoms with Crippen molar-refractivity contribution in [2.24, 2.45) is 0 Å². The molecule has 5 nitrogen and oxygen atoms in total. The van der Waals surface area contributed by atoms with Crippen LogP contribution in [-0.4, -0.2) is 43.0 Å². The second kappa shape index (κ2) is 8.15. The number of carbonyl (C=O) groups is 1. The van der Waals surface area contributed by atoms with E-state index in [1.165, 1.54) is 0 Å². The third-order valence-electron chi connectivity index (χ3n) is 3.08. The molecule has 0 radical (unpaired) electrons. The van der Waals surface area contributed by atoms with Gasteiger partial charge in [-0.3, -0.25) is 9.78 Å². The van der Waals surface area contributed by atoms with Crippen LogP contribution in [0.4, 0.5) is 11.4 Å². The summed E-state index contributed by atoms with van der Waals surface area (Å²) in [6, 6.07) is 8.58. The lowest BCUT2D eigenvalue weighted by atomic mass is 10.2. The number of halogens is 2. The largest absolute Gasteiger partial charge is 0.384 e. The highest BCUT2D eigenvalue weighted by molar-refractivity contribution is 6.44. The molecule has 0 spiro atoms. The monoisotopic (exact) mass is 352 g/mol. The predicted octanol–water partition coefficient (Wildman–Crippen LogP) is 3.61. The van der Waals surface area contributed by atoms with Gasteiger partial charge in [0, 0.05) is 25.0 Å². The lowest BCUT2D eigenvalue weighted by Crippen LogP contribution is -2.21. The van der Waals surface area contributed by atoms with Crippen molar-refractivity contribution in [3.63, 3.8) is 0 Å². The number of rotatable bonds is 6. The van der Waals surface area contributed by atoms with Gasteiger partial charge in [0.05, 0.1) is 15.7 Å². The van der Waals surface area contributed by atoms with Crippen molar-refractivity contribution in [2.75, 3.05) is 37.8 Å². The molecule has 0 aliphatic heterocycles. The SMILES string of the molecule is CN(C)CCNc1ccnc(C(=O)Nc2cccc(Cl)c2Cl)c1. The van der Waals surface area contributed by atoms with Gasteiger partial charge in [0.1, 0.15) is 5.69 Å². The summed E-state index contributed by atoms with van der Waals surface area (Å²) in [5.74, 6) is -0.342. The Morgan fingerprint density at radius 1 is 1.26 bits per heavy atom. The van der Waals surface area contributed by atoms with E-state index in [-0.39, 0.29) is 5.91 Å². The highest BCUT2D eigenvalue weighted by atomic mass is 35.5. The van der Waals surface area contributed by atoms with Crippen molar-refractivity contribution >= 4 is 40.5 Å². The number of carbonyl (C=O) groups excluding carboxylic acids is 1. The number of nitrogens with one attached hydrogen (secondary N) is 2. The quantitative estimate of drug-likeness (QED) is 0.833. The molecule has 7 heteroatoms. The van der Waals surface area contributed by atoms with Crippen molar-refractivity contribution in [2.45, 2.75) is 0 Å². The molecule has 2 aromatic rings. The molecule has 122 valence electrons. The van der Waals surface area contributed by atoms with Gasteiger partial charge in [0.2, 0.25) is 0 Å². The number of nitrogens with zero attached hydrogens (tertiary/aromatic N) is 2. The Bertz CT molecular complexity index is 692. The maximum absolute atomic E-state index is 12.3. The van der Waals surface area contributed by atoms with Crippen molar-refractivity contribution in [3.8, 4) is 0 Å². The third kappa shape index (κ3) is 5.10. The summed E-state index contributed by atoms with van der Waals surface area (Å²) in [4.78, 5) is 18.5. The zero-order chi connectivity index (χ0) is 16.8. The first-order chi connectivity index (χ1) is 11.0. The molecule has 0 atom stereocenters. The van der Waals surface area contributed by atoms with Crippen LogP contribution in [0.1, 0.15) is 10.5 Å². The van der Waals surface area contributed by atoms with Crippen molar-refractivity contribution in [1.82, 2.24) is 9.88 Å². The summed E-state index contributed by atoms with van der Waals surface area (Å²) in [5, 5.41) is 6.66. The summed E-state index contributed by atoms with van der Waals surface area (Å²) in [7, 11) is 4.00. The molecule has 0 saturated carbocycles. The number of hydrogen-bond donors (Lipinski definition) is 2. The van der Waals surface area contributed by atoms with Crippen molar-refractivity contribution in [1.29, 1.82) is 0 Å². The van der Waals surface area contributed by atoms with Crippen LogP contribution in [0.25, 0.3) is 0 Å². The highest BCUT2D eigenvalue weighted by Crippen LogP contribution is 2.29. The van der Waals surface area contributed by atoms with Crippen LogP contribution >= 0.6 is 23.2 Å². The van der Waals surface area contributed by atoms with E-state index in [4.69, 9.17) is 23.2 Å². The van der Waals surface area contributed by atoms with Crippen LogP contribution in [0.2, 0.25) is 10.0 Å². The molecular formula is C16H18Cl2N4O. The molecular weight excluding hydrogens is 335 g/mol. The molecule has 0 bridgehead atoms. The first kappa shape index (κ1) is 17.5. The van der Waals surface area contributed by atoms with Gasteiger partial charge in [-0.05, 0) is 38.4 Å². The highest BCUT2D eigenvalue weighted by Gasteiger charge is 2.12. The maximum Gasteiger partial charge on any atom is 0.274 e. The second-order valence-corrected chi connectivity index (χ2v) is 6.00. The number of likely N-dealkylation sites (N-methyl/N-ethyl adjacent to an activating group) is 1. The Balaban J connectivity index is 2.06. The maximum atomic E-state index is 12.3. The predicted molar refractivity (Wildman–Crippen MR) is 95.7 cm³/mol. The summed E-state index contributed by atoms with van der Waals surface area (Å²) in [5.41, 5.74) is 1.59. The molecule has 1 amide bonds. The number of anilines is 2. The molecule has 0 saturated heterocycles. The molecule has 0 aliphatic carbocycles. The molecule has 1 aromatic heterocycles. The van der Waals surface area contributed by atoms with Crippen molar-refractivity contribution < 1.29 is 4.79 Å². The molecule has 0 unspecified atom stereocenters. The first-order valence-corrected chi connectivity index (χ1v) is 7.83. The molecule has 0 fully saturated rings. The Hall–Kier alpha value is -1.82. The summed E-state index contributed by atoms with van der Waals surface area (Å²) in [6.45, 7) is 1.67. The van der Waals surface area contributed by atoms with E-state index in [1.807, 2.05) is 20.2 Å². The van der Waals surface area contributed by atoms with Crippen molar-refractivity contribution in [3.05, 3.63) is 52.3 Å². The lowest BCUT2D eigenvalue weighted by molar-refractivity contribution is 0.102. The average molecular weight is 353 g/mol. The van der Waals surface area contributed by atoms with Gasteiger partial charge >= 0.3 is 0 Å². The second-order valence-electron chi connectivity index (χ2n) is 5.22. The van der Waals surface area contributed by atoms with Gasteiger partial charge < -0.3 is 15.5 Å². The Morgan fingerprint density at radius 2 is 2.04 bits per heavy atom. The van der Waals surface area contributed by atoms with Crippen LogP contribution in [0, 0.1) is 0 Å². The Morgan fingerprint density at radius 3 is 2.78 bits per heavy atom. The summed E-state index contributed by atoms with van der Waals surface area (Å²) in [6.07, 6.45) is 1.59. The van der Waals surface area contributed by atoms with Gasteiger partial charge in [0.15, 0.2) is 0 Å². The van der Waals surface area contributed by atoms with E-state index in [9.17, 15) is 4.79 Å². The van der Waals surface area contributed by atoms with Gasteiger partial charge in [-0.1, -0.05) is 29.3 Å². The van der Waals surface area contributed by atoms with E-state index in [0.29, 0.717) is 21.4 Å². The van der Waals surface area contributed by atoms with Gasteiger partial charge in [0.25, 0.3) is 5.91 Å². The molecule has 23 heavy (non-hydrogen) atoms. The number of hydrogen-bond acceptors (Lipinski definition) is 4. The molecule has 1 heterocycles. The van der Waals surface area contributed by atoms with E-state index in [1.54, 1.807) is 30.5 Å². The van der Waals surface area contributed by atoms with E-state index >= 15 is 0 Å². The minimum absolute atomic E-state index is 0.302. The smallest absolute Gasteiger partial charge is 0.274 e. The number of amides is 1. The number of benzene rings is 1. The standard InChI is InChI=1S/C16H18Cl2N4O/c1-22(2)9-8-19-11-6-7-20-14(10-11)16(23)21-13-5-3-4-12(17)15(13)18/h3-7,10H,8-9H2,1-2H3,(H,19,20)(H,21,23). The molecule has 2 rings (SSSR count). The Kier molecular flexibility index (Phi) is 6.21. The van der Waals surface area contributed by atoms with E-state index < -0.39 is 0 Å². The number of aromatic nitrogens is 1. The van der Waals surface area contributed by atoms with Crippen LogP contribution in [0.15, 0.2) is 36.5 Å². The normalized spacial score (nSPS) is 10.7. The first-order valence-electron chi connectivity index (χ1n) is 7.07. The zero-order valence-electron chi connectivity index (χ0n) is 12.9. The minimum atomic E-state index is -0.342. The number of pyridine rings is 1. The van der Waals surface area contributed by atoms with Crippen LogP contribution in [-0.2, 0) is 0 Å². The van der Waals surface area contributed by atoms with E-state index in [2.05, 4.69) is 20.5 Å². The fourth-order valence-corrected chi connectivity index (χ4v) is 2.22. The van der Waals surface area contributed by atoms with Crippen LogP contribution in [0.3, 0.4) is 0 Å². The molecule has 0 aliphatic rings. The topological polar surface area (TPSA) is 57.3 Å². The fraction of sp³-hybridized carbons (Fsp3) is 0.250. The molecule has 1 aromatic carbocycles. The van der Waals surface area contributed by atoms with Gasteiger partial charge in [-0.2, -0.15) is 0 Å². The third-order valence-corrected chi connectivity index (χ3v) is 3.90. The van der Waals surface area contributed by atoms with Crippen LogP contribution < -0.4 is 10.6 Å². The summed E-state index contributed by atoms with van der Waals surface area (Å²) < 4.78 is 0. The van der Waals surface area contributed by atoms with Gasteiger partial charge in [-0.15, -0.1) is 0 Å². The summed E-state index contributed by atoms with van der Waals surface area (Å²) >= 11 is 12.0. The molecule has 2 N–H and O–H groups in total. The van der Waals surface area contributed by atoms with Gasteiger partial charge in [-0.25, -0.2) is 0 Å². The Labute approximate surface area is 145 Å². The van der Waals surface area contributed by atoms with E-state index in [0.717, 1.165) is 18.8 Å². The lowest BCUT2D eigenvalue weighted by Gasteiger charge is -2.12. The zero-order valence-corrected chi connectivity index (χ0v) is 14.4. The fourth-order valence-electron chi connectivity index (χ4n) is 1.88. The average Bonchev–Trinajstić information content (AvgIpc) is 2.52.